The maximum Gasteiger partial charge on any atom is 0.228 e. The van der Waals surface area contributed by atoms with Crippen molar-refractivity contribution in [2.75, 3.05) is 12.4 Å². The molecule has 0 bridgehead atoms. The molecule has 0 fully saturated rings. The van der Waals surface area contributed by atoms with E-state index in [1.165, 1.54) is 0 Å². The Balaban J connectivity index is 1.41. The van der Waals surface area contributed by atoms with Gasteiger partial charge in [0.1, 0.15) is 29.5 Å². The van der Waals surface area contributed by atoms with Crippen molar-refractivity contribution in [3.8, 4) is 23.2 Å². The van der Waals surface area contributed by atoms with Crippen molar-refractivity contribution in [3.63, 3.8) is 0 Å². The van der Waals surface area contributed by atoms with E-state index < -0.39 is 0 Å². The fourth-order valence-electron chi connectivity index (χ4n) is 3.60. The first kappa shape index (κ1) is 23.0. The number of amides is 1. The maximum atomic E-state index is 12.5. The minimum absolute atomic E-state index is 0.0969. The average molecular weight is 458 g/mol. The lowest BCUT2D eigenvalue weighted by Gasteiger charge is -2.11. The van der Waals surface area contributed by atoms with Crippen LogP contribution in [0.4, 0.5) is 5.69 Å². The molecule has 0 aliphatic rings. The van der Waals surface area contributed by atoms with E-state index >= 15 is 0 Å². The standard InChI is InChI=1S/C26H27N5O3/c1-16-12-20(6-11-23(16)33-5)13-25(32)30-21-7-9-22(10-8-21)34-26-14-24(28-19(4)29-26)31-15-27-17(2)18(31)3/h6-12,14-15H,13H2,1-5H3,(H,30,32). The summed E-state index contributed by atoms with van der Waals surface area (Å²) in [6, 6.07) is 14.7. The molecule has 4 aromatic rings. The van der Waals surface area contributed by atoms with Crippen LogP contribution in [0.5, 0.6) is 17.4 Å². The first-order valence-corrected chi connectivity index (χ1v) is 10.9. The van der Waals surface area contributed by atoms with Crippen LogP contribution in [0.1, 0.15) is 28.3 Å². The van der Waals surface area contributed by atoms with E-state index in [-0.39, 0.29) is 12.3 Å². The highest BCUT2D eigenvalue weighted by atomic mass is 16.5. The molecule has 174 valence electrons. The predicted molar refractivity (Wildman–Crippen MR) is 130 cm³/mol. The number of nitrogens with zero attached hydrogens (tertiary/aromatic N) is 4. The minimum atomic E-state index is -0.0969. The Labute approximate surface area is 198 Å². The number of anilines is 1. The van der Waals surface area contributed by atoms with E-state index in [9.17, 15) is 4.79 Å². The van der Waals surface area contributed by atoms with Gasteiger partial charge in [-0.25, -0.2) is 9.97 Å². The Morgan fingerprint density at radius 3 is 2.41 bits per heavy atom. The number of rotatable bonds is 7. The highest BCUT2D eigenvalue weighted by molar-refractivity contribution is 5.92. The second kappa shape index (κ2) is 9.74. The van der Waals surface area contributed by atoms with Crippen molar-refractivity contribution in [2.24, 2.45) is 0 Å². The molecule has 0 atom stereocenters. The summed E-state index contributed by atoms with van der Waals surface area (Å²) in [6.45, 7) is 7.72. The molecule has 8 heteroatoms. The zero-order valence-corrected chi connectivity index (χ0v) is 19.9. The molecule has 2 heterocycles. The van der Waals surface area contributed by atoms with Crippen molar-refractivity contribution in [3.05, 3.63) is 83.2 Å². The fraction of sp³-hybridized carbons (Fsp3) is 0.231. The van der Waals surface area contributed by atoms with Gasteiger partial charge in [0.25, 0.3) is 0 Å². The van der Waals surface area contributed by atoms with Crippen molar-refractivity contribution in [1.29, 1.82) is 0 Å². The van der Waals surface area contributed by atoms with Crippen LogP contribution in [-0.4, -0.2) is 32.5 Å². The van der Waals surface area contributed by atoms with Crippen LogP contribution in [0.2, 0.25) is 0 Å². The summed E-state index contributed by atoms with van der Waals surface area (Å²) in [5.74, 6) is 3.03. The van der Waals surface area contributed by atoms with Crippen LogP contribution in [0, 0.1) is 27.7 Å². The number of nitrogens with one attached hydrogen (secondary N) is 1. The van der Waals surface area contributed by atoms with Gasteiger partial charge in [0.15, 0.2) is 0 Å². The molecule has 0 radical (unpaired) electrons. The van der Waals surface area contributed by atoms with Crippen LogP contribution in [0.25, 0.3) is 5.82 Å². The number of benzene rings is 2. The van der Waals surface area contributed by atoms with Gasteiger partial charge in [-0.3, -0.25) is 9.36 Å². The lowest BCUT2D eigenvalue weighted by atomic mass is 10.1. The van der Waals surface area contributed by atoms with Crippen LogP contribution < -0.4 is 14.8 Å². The summed E-state index contributed by atoms with van der Waals surface area (Å²) in [4.78, 5) is 25.7. The van der Waals surface area contributed by atoms with Crippen molar-refractivity contribution in [1.82, 2.24) is 19.5 Å². The summed E-state index contributed by atoms with van der Waals surface area (Å²) in [5, 5.41) is 2.92. The van der Waals surface area contributed by atoms with Gasteiger partial charge in [0, 0.05) is 17.4 Å². The molecule has 1 N–H and O–H groups in total. The van der Waals surface area contributed by atoms with Crippen LogP contribution >= 0.6 is 0 Å². The van der Waals surface area contributed by atoms with Crippen molar-refractivity contribution >= 4 is 11.6 Å². The molecule has 4 rings (SSSR count). The number of carbonyl (C=O) groups excluding carboxylic acids is 1. The molecule has 0 unspecified atom stereocenters. The van der Waals surface area contributed by atoms with E-state index in [4.69, 9.17) is 9.47 Å². The smallest absolute Gasteiger partial charge is 0.228 e. The lowest BCUT2D eigenvalue weighted by molar-refractivity contribution is -0.115. The Kier molecular flexibility index (Phi) is 6.58. The normalized spacial score (nSPS) is 10.7. The Bertz CT molecular complexity index is 1330. The first-order valence-electron chi connectivity index (χ1n) is 10.9. The van der Waals surface area contributed by atoms with Gasteiger partial charge < -0.3 is 14.8 Å². The molecule has 34 heavy (non-hydrogen) atoms. The van der Waals surface area contributed by atoms with Gasteiger partial charge in [-0.2, -0.15) is 4.98 Å². The fourth-order valence-corrected chi connectivity index (χ4v) is 3.60. The van der Waals surface area contributed by atoms with Gasteiger partial charge in [0.2, 0.25) is 11.8 Å². The highest BCUT2D eigenvalue weighted by Gasteiger charge is 2.11. The number of ether oxygens (including phenoxy) is 2. The van der Waals surface area contributed by atoms with E-state index in [0.717, 1.165) is 28.3 Å². The third-order valence-electron chi connectivity index (χ3n) is 5.48. The van der Waals surface area contributed by atoms with Gasteiger partial charge in [-0.15, -0.1) is 0 Å². The maximum absolute atomic E-state index is 12.5. The van der Waals surface area contributed by atoms with Crippen LogP contribution in [-0.2, 0) is 11.2 Å². The second-order valence-electron chi connectivity index (χ2n) is 8.05. The Hall–Kier alpha value is -4.20. The number of hydrogen-bond acceptors (Lipinski definition) is 6. The van der Waals surface area contributed by atoms with Gasteiger partial charge in [-0.1, -0.05) is 12.1 Å². The topological polar surface area (TPSA) is 91.2 Å². The molecular weight excluding hydrogens is 430 g/mol. The second-order valence-corrected chi connectivity index (χ2v) is 8.05. The van der Waals surface area contributed by atoms with Gasteiger partial charge >= 0.3 is 0 Å². The van der Waals surface area contributed by atoms with E-state index in [1.807, 2.05) is 50.5 Å². The summed E-state index contributed by atoms with van der Waals surface area (Å²) in [5.41, 5.74) is 4.56. The summed E-state index contributed by atoms with van der Waals surface area (Å²) < 4.78 is 13.1. The van der Waals surface area contributed by atoms with E-state index in [2.05, 4.69) is 20.3 Å². The number of aryl methyl sites for hydroxylation is 3. The molecule has 2 aromatic carbocycles. The van der Waals surface area contributed by atoms with Crippen molar-refractivity contribution in [2.45, 2.75) is 34.1 Å². The number of methoxy groups -OCH3 is 1. The van der Waals surface area contributed by atoms with Gasteiger partial charge in [-0.05, 0) is 69.2 Å². The van der Waals surface area contributed by atoms with Crippen LogP contribution in [0.3, 0.4) is 0 Å². The SMILES string of the molecule is COc1ccc(CC(=O)Nc2ccc(Oc3cc(-n4cnc(C)c4C)nc(C)n3)cc2)cc1C. The molecular formula is C26H27N5O3. The third-order valence-corrected chi connectivity index (χ3v) is 5.48. The molecule has 0 aliphatic heterocycles. The molecule has 0 saturated heterocycles. The highest BCUT2D eigenvalue weighted by Crippen LogP contribution is 2.24. The summed E-state index contributed by atoms with van der Waals surface area (Å²) >= 11 is 0. The zero-order chi connectivity index (χ0) is 24.2. The number of hydrogen-bond donors (Lipinski definition) is 1. The number of carbonyl (C=O) groups is 1. The summed E-state index contributed by atoms with van der Waals surface area (Å²) in [7, 11) is 1.63. The van der Waals surface area contributed by atoms with Gasteiger partial charge in [0.05, 0.1) is 19.2 Å². The lowest BCUT2D eigenvalue weighted by Crippen LogP contribution is -2.14. The largest absolute Gasteiger partial charge is 0.496 e. The molecule has 8 nitrogen and oxygen atoms in total. The molecule has 0 aliphatic carbocycles. The number of aromatic nitrogens is 4. The summed E-state index contributed by atoms with van der Waals surface area (Å²) in [6.07, 6.45) is 2.01. The van der Waals surface area contributed by atoms with E-state index in [1.54, 1.807) is 43.8 Å². The average Bonchev–Trinajstić information content (AvgIpc) is 3.13. The quantitative estimate of drug-likeness (QED) is 0.425. The Morgan fingerprint density at radius 1 is 1.00 bits per heavy atom. The van der Waals surface area contributed by atoms with Crippen LogP contribution in [0.15, 0.2) is 54.9 Å². The van der Waals surface area contributed by atoms with E-state index in [0.29, 0.717) is 29.0 Å². The Morgan fingerprint density at radius 2 is 1.76 bits per heavy atom. The predicted octanol–water partition coefficient (Wildman–Crippen LogP) is 4.88. The molecule has 2 aromatic heterocycles. The molecule has 0 spiro atoms. The minimum Gasteiger partial charge on any atom is -0.496 e. The third kappa shape index (κ3) is 5.23. The molecule has 1 amide bonds. The monoisotopic (exact) mass is 457 g/mol. The molecule has 0 saturated carbocycles. The zero-order valence-electron chi connectivity index (χ0n) is 19.9. The first-order chi connectivity index (χ1) is 16.3. The number of imidazole rings is 1. The van der Waals surface area contributed by atoms with Crippen molar-refractivity contribution < 1.29 is 14.3 Å².